The molecule has 4 bridgehead atoms. The van der Waals surface area contributed by atoms with Gasteiger partial charge in [0.05, 0.1) is 40.1 Å². The molecule has 0 spiro atoms. The van der Waals surface area contributed by atoms with Crippen molar-refractivity contribution in [2.24, 2.45) is 11.3 Å². The molecule has 2 N–H and O–H groups in total. The summed E-state index contributed by atoms with van der Waals surface area (Å²) in [5, 5.41) is 6.27. The summed E-state index contributed by atoms with van der Waals surface area (Å²) in [5.74, 6) is -2.26. The summed E-state index contributed by atoms with van der Waals surface area (Å²) in [6, 6.07) is 7.25. The van der Waals surface area contributed by atoms with Gasteiger partial charge in [0.1, 0.15) is 12.1 Å². The van der Waals surface area contributed by atoms with E-state index in [0.717, 1.165) is 50.2 Å². The Morgan fingerprint density at radius 3 is 2.53 bits per heavy atom. The number of carbonyl (C=O) groups excluding carboxylic acids is 4. The Kier molecular flexibility index (Phi) is 15.2. The van der Waals surface area contributed by atoms with Crippen molar-refractivity contribution in [2.75, 3.05) is 46.7 Å². The van der Waals surface area contributed by atoms with E-state index in [9.17, 15) is 32.1 Å². The van der Waals surface area contributed by atoms with Crippen molar-refractivity contribution in [3.8, 4) is 22.5 Å². The predicted octanol–water partition coefficient (Wildman–Crippen LogP) is 5.90. The quantitative estimate of drug-likeness (QED) is 0.143. The molecule has 3 atom stereocenters. The van der Waals surface area contributed by atoms with Gasteiger partial charge in [-0.05, 0) is 68.9 Å². The van der Waals surface area contributed by atoms with Crippen LogP contribution in [0.1, 0.15) is 83.2 Å². The fraction of sp³-hybridized carbons (Fsp3) is 0.556. The Labute approximate surface area is 378 Å². The maximum absolute atomic E-state index is 14.5. The first kappa shape index (κ1) is 48.5. The molecule has 6 rings (SSSR count). The van der Waals surface area contributed by atoms with Crippen molar-refractivity contribution in [3.05, 3.63) is 58.2 Å². The van der Waals surface area contributed by atoms with Crippen molar-refractivity contribution in [1.29, 1.82) is 0 Å². The van der Waals surface area contributed by atoms with Gasteiger partial charge in [0.2, 0.25) is 5.91 Å². The zero-order valence-corrected chi connectivity index (χ0v) is 39.8. The standard InChI is InChI=1S/C45H61FN8O8S2/c1-10-53-36-17-16-29-20-32(36)33(41(53)31-14-13-18-47-39(31)28(4)61-8)22-45(5,6)26-62-38(55)15-11-12-19-54(50-46)43(57)34(21-37-48-35(29)25-63-37)49-42(56)40(27(2)3)51(7)44(58)52-23-30(24-52)64(9,59)60/h13-14,16-18,20,25,27-28,30,34,40,50H,10-12,15,19,21-24,26H2,1-9H3,(H,49,56)/t28-,34-,40?/m0/s1. The third-order valence-electron chi connectivity index (χ3n) is 12.2. The average molecular weight is 925 g/mol. The minimum atomic E-state index is -3.35. The molecule has 2 aliphatic heterocycles. The topological polar surface area (TPSA) is 185 Å². The van der Waals surface area contributed by atoms with Gasteiger partial charge in [0.15, 0.2) is 9.84 Å². The summed E-state index contributed by atoms with van der Waals surface area (Å²) in [7, 11) is -0.227. The first-order valence-corrected chi connectivity index (χ1v) is 24.5. The van der Waals surface area contributed by atoms with E-state index >= 15 is 0 Å². The Morgan fingerprint density at radius 2 is 1.88 bits per heavy atom. The lowest BCUT2D eigenvalue weighted by Crippen LogP contribution is -2.63. The first-order valence-electron chi connectivity index (χ1n) is 21.7. The van der Waals surface area contributed by atoms with Crippen LogP contribution in [0, 0.1) is 11.3 Å². The second-order valence-corrected chi connectivity index (χ2v) is 21.2. The van der Waals surface area contributed by atoms with Crippen molar-refractivity contribution >= 4 is 55.9 Å². The highest BCUT2D eigenvalue weighted by molar-refractivity contribution is 7.91. The van der Waals surface area contributed by atoms with Crippen LogP contribution in [0.3, 0.4) is 0 Å². The minimum absolute atomic E-state index is 0.00765. The van der Waals surface area contributed by atoms with Crippen LogP contribution < -0.4 is 11.0 Å². The van der Waals surface area contributed by atoms with Gasteiger partial charge in [-0.25, -0.2) is 23.2 Å². The Hall–Kier alpha value is -4.98. The third-order valence-corrected chi connectivity index (χ3v) is 14.5. The maximum Gasteiger partial charge on any atom is 0.320 e. The zero-order chi connectivity index (χ0) is 46.7. The molecule has 0 saturated carbocycles. The van der Waals surface area contributed by atoms with Crippen molar-refractivity contribution < 1.29 is 41.6 Å². The molecular weight excluding hydrogens is 864 g/mol. The third kappa shape index (κ3) is 10.6. The number of hydrazine groups is 1. The van der Waals surface area contributed by atoms with Crippen LogP contribution in [0.15, 0.2) is 41.9 Å². The number of rotatable bonds is 10. The molecule has 4 amide bonds. The number of sulfone groups is 1. The first-order chi connectivity index (χ1) is 30.3. The number of pyridine rings is 1. The molecule has 1 unspecified atom stereocenters. The van der Waals surface area contributed by atoms with Gasteiger partial charge in [-0.2, -0.15) is 0 Å². The van der Waals surface area contributed by atoms with Gasteiger partial charge >= 0.3 is 12.0 Å². The second-order valence-electron chi connectivity index (χ2n) is 18.0. The number of fused-ring (bicyclic) bond motifs is 4. The largest absolute Gasteiger partial charge is 0.465 e. The highest BCUT2D eigenvalue weighted by Gasteiger charge is 2.42. The minimum Gasteiger partial charge on any atom is -0.465 e. The number of aryl methyl sites for hydroxylation is 1. The molecule has 64 heavy (non-hydrogen) atoms. The number of hydrogen-bond donors (Lipinski definition) is 2. The fourth-order valence-electron chi connectivity index (χ4n) is 8.55. The van der Waals surface area contributed by atoms with Crippen molar-refractivity contribution in [2.45, 2.75) is 104 Å². The van der Waals surface area contributed by atoms with Crippen LogP contribution >= 0.6 is 11.3 Å². The maximum atomic E-state index is 14.5. The lowest BCUT2D eigenvalue weighted by Gasteiger charge is -2.42. The molecule has 348 valence electrons. The highest BCUT2D eigenvalue weighted by atomic mass is 32.2. The number of ether oxygens (including phenoxy) is 2. The number of amides is 4. The van der Waals surface area contributed by atoms with Gasteiger partial charge in [0, 0.05) is 98.5 Å². The number of urea groups is 1. The van der Waals surface area contributed by atoms with Crippen LogP contribution in [-0.2, 0) is 53.1 Å². The van der Waals surface area contributed by atoms with Gasteiger partial charge in [-0.15, -0.1) is 15.8 Å². The van der Waals surface area contributed by atoms with Crippen LogP contribution in [0.25, 0.3) is 33.4 Å². The van der Waals surface area contributed by atoms with Gasteiger partial charge in [-0.3, -0.25) is 19.4 Å². The fourth-order valence-corrected chi connectivity index (χ4v) is 10.3. The summed E-state index contributed by atoms with van der Waals surface area (Å²) < 4.78 is 52.4. The van der Waals surface area contributed by atoms with E-state index in [-0.39, 0.29) is 51.6 Å². The molecule has 16 nitrogen and oxygen atoms in total. The molecule has 1 aromatic carbocycles. The molecule has 5 heterocycles. The number of carbonyl (C=O) groups is 4. The number of hydrogen-bond acceptors (Lipinski definition) is 12. The number of cyclic esters (lactones) is 1. The number of halogens is 1. The summed E-state index contributed by atoms with van der Waals surface area (Å²) >= 11 is 1.30. The average Bonchev–Trinajstić information content (AvgIpc) is 3.82. The molecular formula is C45H61FN8O8S2. The predicted molar refractivity (Wildman–Crippen MR) is 243 cm³/mol. The number of thiazole rings is 1. The number of likely N-dealkylation sites (tertiary alicyclic amines) is 1. The van der Waals surface area contributed by atoms with E-state index in [2.05, 4.69) is 48.9 Å². The molecule has 19 heteroatoms. The highest BCUT2D eigenvalue weighted by Crippen LogP contribution is 2.42. The van der Waals surface area contributed by atoms with Crippen molar-refractivity contribution in [1.82, 2.24) is 40.3 Å². The van der Waals surface area contributed by atoms with E-state index in [1.54, 1.807) is 27.2 Å². The molecule has 1 saturated heterocycles. The van der Waals surface area contributed by atoms with Crippen molar-refractivity contribution in [3.63, 3.8) is 0 Å². The molecule has 2 aliphatic rings. The number of likely N-dealkylation sites (N-methyl/N-ethyl adjacent to an activating group) is 1. The lowest BCUT2D eigenvalue weighted by atomic mass is 9.84. The van der Waals surface area contributed by atoms with E-state index in [0.29, 0.717) is 30.1 Å². The second kappa shape index (κ2) is 20.0. The normalized spacial score (nSPS) is 19.0. The van der Waals surface area contributed by atoms with E-state index in [4.69, 9.17) is 19.4 Å². The molecule has 0 aliphatic carbocycles. The molecule has 4 aromatic rings. The zero-order valence-electron chi connectivity index (χ0n) is 38.1. The Bertz CT molecular complexity index is 2470. The number of nitrogens with one attached hydrogen (secondary N) is 2. The number of esters is 1. The van der Waals surface area contributed by atoms with Crippen LogP contribution in [0.5, 0.6) is 0 Å². The van der Waals surface area contributed by atoms with Gasteiger partial charge < -0.3 is 29.2 Å². The van der Waals surface area contributed by atoms with Crippen LogP contribution in [0.2, 0.25) is 0 Å². The number of aromatic nitrogens is 3. The molecule has 1 fully saturated rings. The summed E-state index contributed by atoms with van der Waals surface area (Å²) in [6.07, 6.45) is 3.65. The van der Waals surface area contributed by atoms with E-state index in [1.807, 2.05) is 24.4 Å². The summed E-state index contributed by atoms with van der Waals surface area (Å²) in [6.45, 7) is 12.4. The van der Waals surface area contributed by atoms with E-state index < -0.39 is 62.3 Å². The summed E-state index contributed by atoms with van der Waals surface area (Å²) in [5.41, 5.74) is 7.23. The van der Waals surface area contributed by atoms with Crippen LogP contribution in [0.4, 0.5) is 9.28 Å². The Balaban J connectivity index is 1.39. The SMILES string of the molecule is CCn1c(-c2cccnc2[C@H](C)OC)c2c3cc(ccc31)-c1csc(n1)C[C@H](NC(=O)C(C(C)C)N(C)C(=O)N1CC(S(C)(=O)=O)C1)C(=O)N(NF)CCCCC(=O)OCC(C)(C)C2. The Morgan fingerprint density at radius 1 is 1.14 bits per heavy atom. The monoisotopic (exact) mass is 924 g/mol. The molecule has 3 aromatic heterocycles. The lowest BCUT2D eigenvalue weighted by molar-refractivity contribution is -0.147. The van der Waals surface area contributed by atoms with E-state index in [1.165, 1.54) is 33.8 Å². The van der Waals surface area contributed by atoms with Gasteiger partial charge in [0.25, 0.3) is 5.91 Å². The molecule has 0 radical (unpaired) electrons. The smallest absolute Gasteiger partial charge is 0.320 e. The summed E-state index contributed by atoms with van der Waals surface area (Å²) in [4.78, 5) is 67.3. The van der Waals surface area contributed by atoms with Gasteiger partial charge in [-0.1, -0.05) is 39.4 Å². The number of benzene rings is 1. The number of methoxy groups -OCH3 is 1. The van der Waals surface area contributed by atoms with Crippen LogP contribution in [-0.4, -0.2) is 126 Å². The number of nitrogens with zero attached hydrogens (tertiary/aromatic N) is 6.